The number of nitrogens with two attached hydrogens (primary N) is 1. The summed E-state index contributed by atoms with van der Waals surface area (Å²) in [6.45, 7) is 2.32. The van der Waals surface area contributed by atoms with E-state index < -0.39 is 18.0 Å². The number of anilines is 5. The van der Waals surface area contributed by atoms with Gasteiger partial charge in [-0.05, 0) is 86.4 Å². The molecule has 0 bridgehead atoms. The molecule has 4 N–H and O–H groups in total. The highest BCUT2D eigenvalue weighted by molar-refractivity contribution is 15.0. The molecule has 2 unspecified atom stereocenters. The van der Waals surface area contributed by atoms with Crippen molar-refractivity contribution in [3.63, 3.8) is 0 Å². The summed E-state index contributed by atoms with van der Waals surface area (Å²) in [6.07, 6.45) is 1.64. The van der Waals surface area contributed by atoms with E-state index in [1.807, 2.05) is 0 Å². The number of likely N-dealkylation sites (N-methyl/N-ethyl adjacent to an activating group) is 2. The van der Waals surface area contributed by atoms with E-state index >= 15 is 0 Å². The summed E-state index contributed by atoms with van der Waals surface area (Å²) in [5, 5.41) is 5.88. The van der Waals surface area contributed by atoms with Crippen molar-refractivity contribution in [2.24, 2.45) is 5.73 Å². The molecule has 2 fully saturated rings. The van der Waals surface area contributed by atoms with Crippen LogP contribution in [0, 0.1) is 11.6 Å². The molecule has 4 aromatic rings. The fraction of sp³-hybridized carbons (Fsp3) is 0.396. The van der Waals surface area contributed by atoms with Gasteiger partial charge in [-0.15, -0.1) is 0 Å². The highest BCUT2D eigenvalue weighted by Gasteiger charge is 2.36. The van der Waals surface area contributed by atoms with Gasteiger partial charge in [0.1, 0.15) is 54.1 Å². The lowest BCUT2D eigenvalue weighted by atomic mass is 10.0. The van der Waals surface area contributed by atoms with Crippen LogP contribution in [-0.4, -0.2) is 124 Å². The molecule has 0 saturated carbocycles. The molecule has 2 aromatic carbocycles. The normalized spacial score (nSPS) is 18.0. The number of hydrogen-bond donors (Lipinski definition) is 3. The van der Waals surface area contributed by atoms with Gasteiger partial charge in [-0.3, -0.25) is 29.0 Å². The molecule has 0 spiro atoms. The number of Topliss-reactive ketones (excluding diaryl/α,β-unsaturated/α-hetero) is 1. The third kappa shape index (κ3) is 12.5. The number of nitrogens with zero attached hydrogens (tertiary/aromatic N) is 6. The Morgan fingerprint density at radius 3 is 1.90 bits per heavy atom. The monoisotopic (exact) mass is 1220 g/mol. The van der Waals surface area contributed by atoms with Crippen LogP contribution in [0.5, 0.6) is 11.5 Å². The second-order valence-corrected chi connectivity index (χ2v) is 16.8. The first-order chi connectivity index (χ1) is 34.2. The van der Waals surface area contributed by atoms with Crippen LogP contribution in [0.25, 0.3) is 0 Å². The van der Waals surface area contributed by atoms with Crippen molar-refractivity contribution in [2.75, 3.05) is 84.9 Å². The molecule has 384 valence electrons. The van der Waals surface area contributed by atoms with Gasteiger partial charge in [0, 0.05) is 68.9 Å². The minimum absolute atomic E-state index is 0. The predicted octanol–water partition coefficient (Wildman–Crippen LogP) is 5.37. The summed E-state index contributed by atoms with van der Waals surface area (Å²) < 4.78 is 49.1. The molecule has 5 amide bonds. The van der Waals surface area contributed by atoms with Gasteiger partial charge >= 0.3 is 12.2 Å². The average molecular weight is 1220 g/mol. The number of hydrogen-bond acceptors (Lipinski definition) is 15. The molecule has 6 aliphatic rings. The standard InChI is InChI=1S/C23H24FN5O5.C13H15N3O4.C11H10FNO2.CH4.I2/c1-28-20(31)10-13-2-3-16(24)15(21(13)28)7-9-25-8-6-14-11-29(23(32)34-14)18-5-4-17-22(26-18)27-19(30)12-33-17;14-4-3-9-6-16(13(18)20-9)12-2-1-11-10(15-12)5-8(17)7-19-11;1-13-10(15)6-7-2-3-9(12)8(4-5-14)11(7)13;;1-2/h2-5,14,25H,6-12H2,1H3,(H,26,27,30);1-2,9H,3-7,14H2;2-3,5H,4,6H2,1H3;1H4;. The first-order valence-electron chi connectivity index (χ1n) is 22.4. The van der Waals surface area contributed by atoms with E-state index in [1.54, 1.807) is 50.5 Å². The zero-order valence-electron chi connectivity index (χ0n) is 38.5. The third-order valence-corrected chi connectivity index (χ3v) is 12.1. The Kier molecular flexibility index (Phi) is 19.2. The summed E-state index contributed by atoms with van der Waals surface area (Å²) in [4.78, 5) is 95.3. The van der Waals surface area contributed by atoms with Gasteiger partial charge in [0.15, 0.2) is 24.0 Å². The van der Waals surface area contributed by atoms with Crippen LogP contribution in [-0.2, 0) is 65.6 Å². The van der Waals surface area contributed by atoms with Crippen LogP contribution >= 0.6 is 37.2 Å². The summed E-state index contributed by atoms with van der Waals surface area (Å²) in [5.74, 6) is 1.00. The van der Waals surface area contributed by atoms with Crippen LogP contribution in [0.1, 0.15) is 48.2 Å². The number of amides is 5. The fourth-order valence-corrected chi connectivity index (χ4v) is 8.66. The lowest BCUT2D eigenvalue weighted by Gasteiger charge is -2.19. The Morgan fingerprint density at radius 1 is 0.736 bits per heavy atom. The van der Waals surface area contributed by atoms with Crippen molar-refractivity contribution in [3.05, 3.63) is 88.1 Å². The molecule has 2 atom stereocenters. The fourth-order valence-electron chi connectivity index (χ4n) is 8.66. The number of cyclic esters (lactones) is 2. The number of benzene rings is 2. The molecular weight excluding hydrogens is 1170 g/mol. The van der Waals surface area contributed by atoms with E-state index in [0.29, 0.717) is 116 Å². The molecule has 24 heteroatoms. The van der Waals surface area contributed by atoms with Gasteiger partial charge in [0.25, 0.3) is 5.91 Å². The lowest BCUT2D eigenvalue weighted by molar-refractivity contribution is -0.121. The van der Waals surface area contributed by atoms with E-state index in [0.717, 1.165) is 11.1 Å². The number of aldehydes is 1. The van der Waals surface area contributed by atoms with Gasteiger partial charge in [0.2, 0.25) is 11.8 Å². The zero-order valence-corrected chi connectivity index (χ0v) is 42.8. The molecule has 2 aromatic heterocycles. The van der Waals surface area contributed by atoms with Crippen LogP contribution in [0.3, 0.4) is 0 Å². The number of ketones is 1. The molecule has 2 saturated heterocycles. The van der Waals surface area contributed by atoms with Crippen LogP contribution in [0.2, 0.25) is 0 Å². The molecule has 72 heavy (non-hydrogen) atoms. The Hall–Kier alpha value is -6.13. The Balaban J connectivity index is 0.000000189. The predicted molar refractivity (Wildman–Crippen MR) is 278 cm³/mol. The maximum absolute atomic E-state index is 14.4. The van der Waals surface area contributed by atoms with E-state index in [-0.39, 0.29) is 87.3 Å². The number of rotatable bonds is 12. The number of carbonyl (C=O) groups is 7. The smallest absolute Gasteiger partial charge is 0.415 e. The molecule has 20 nitrogen and oxygen atoms in total. The SMILES string of the molecule is C.CN1C(=O)Cc2ccc(F)c(CC=O)c21.CN1C(=O)Cc2ccc(F)c(CCNCCC3CN(c4ccc5c(n4)NC(=O)CO5)C(=O)O3)c21.II.NCCC1CN(c2ccc3c(n2)CC(=O)CO3)C(=O)O1. The second-order valence-electron chi connectivity index (χ2n) is 16.8. The molecular formula is C48H53F2I2N9O11. The minimum atomic E-state index is -0.505. The van der Waals surface area contributed by atoms with E-state index in [4.69, 9.17) is 24.7 Å². The average Bonchev–Trinajstić information content (AvgIpc) is 4.09. The number of aromatic nitrogens is 2. The second kappa shape index (κ2) is 25.0. The highest BCUT2D eigenvalue weighted by atomic mass is 128. The van der Waals surface area contributed by atoms with Gasteiger partial charge in [-0.2, -0.15) is 0 Å². The number of ether oxygens (including phenoxy) is 4. The number of fused-ring (bicyclic) bond motifs is 4. The summed E-state index contributed by atoms with van der Waals surface area (Å²) in [5.41, 5.74) is 9.76. The summed E-state index contributed by atoms with van der Waals surface area (Å²) in [6, 6.07) is 12.7. The van der Waals surface area contributed by atoms with Crippen LogP contribution < -0.4 is 45.4 Å². The van der Waals surface area contributed by atoms with Gasteiger partial charge in [-0.25, -0.2) is 28.3 Å². The largest absolute Gasteiger partial charge is 0.484 e. The Labute approximate surface area is 436 Å². The zero-order chi connectivity index (χ0) is 50.9. The summed E-state index contributed by atoms with van der Waals surface area (Å²) >= 11 is 4.24. The van der Waals surface area contributed by atoms with Gasteiger partial charge in [0.05, 0.1) is 49.4 Å². The molecule has 6 aliphatic heterocycles. The molecule has 0 radical (unpaired) electrons. The van der Waals surface area contributed by atoms with Crippen molar-refractivity contribution >= 4 is 108 Å². The quantitative estimate of drug-likeness (QED) is 0.0917. The molecule has 8 heterocycles. The van der Waals surface area contributed by atoms with E-state index in [9.17, 15) is 42.3 Å². The number of nitrogens with one attached hydrogen (secondary N) is 2. The van der Waals surface area contributed by atoms with Crippen molar-refractivity contribution < 1.29 is 61.3 Å². The topological polar surface area (TPSA) is 245 Å². The van der Waals surface area contributed by atoms with Crippen molar-refractivity contribution in [1.82, 2.24) is 15.3 Å². The van der Waals surface area contributed by atoms with Gasteiger partial charge < -0.3 is 49.9 Å². The maximum Gasteiger partial charge on any atom is 0.415 e. The maximum atomic E-state index is 14.4. The molecule has 0 aliphatic carbocycles. The minimum Gasteiger partial charge on any atom is -0.484 e. The van der Waals surface area contributed by atoms with Crippen LogP contribution in [0.15, 0.2) is 48.5 Å². The molecule has 10 rings (SSSR count). The number of halogens is 4. The lowest BCUT2D eigenvalue weighted by Crippen LogP contribution is -2.29. The number of carbonyl (C=O) groups excluding carboxylic acids is 7. The van der Waals surface area contributed by atoms with Gasteiger partial charge in [-0.1, -0.05) is 19.6 Å². The van der Waals surface area contributed by atoms with Crippen molar-refractivity contribution in [2.45, 2.75) is 64.6 Å². The van der Waals surface area contributed by atoms with Crippen molar-refractivity contribution in [3.8, 4) is 11.5 Å². The number of pyridine rings is 2. The highest BCUT2D eigenvalue weighted by Crippen LogP contribution is 2.35. The van der Waals surface area contributed by atoms with E-state index in [2.05, 4.69) is 57.8 Å². The van der Waals surface area contributed by atoms with Crippen LogP contribution in [0.4, 0.5) is 47.2 Å². The van der Waals surface area contributed by atoms with Crippen molar-refractivity contribution in [1.29, 1.82) is 0 Å². The Morgan fingerprint density at radius 2 is 1.29 bits per heavy atom. The first kappa shape index (κ1) is 55.2. The first-order valence-corrected chi connectivity index (χ1v) is 28.7. The van der Waals surface area contributed by atoms with E-state index in [1.165, 1.54) is 31.7 Å². The Bertz CT molecular complexity index is 2740. The third-order valence-electron chi connectivity index (χ3n) is 12.1. The summed E-state index contributed by atoms with van der Waals surface area (Å²) in [7, 11) is 3.27.